The van der Waals surface area contributed by atoms with Crippen LogP contribution < -0.4 is 0 Å². The van der Waals surface area contributed by atoms with Crippen molar-refractivity contribution in [2.24, 2.45) is 0 Å². The third-order valence-electron chi connectivity index (χ3n) is 2.82. The van der Waals surface area contributed by atoms with Crippen LogP contribution in [0.15, 0.2) is 17.6 Å². The third kappa shape index (κ3) is 1.05. The summed E-state index contributed by atoms with van der Waals surface area (Å²) in [6.45, 7) is 3.31. The monoisotopic (exact) mass is 204 g/mol. The van der Waals surface area contributed by atoms with E-state index in [1.54, 1.807) is 0 Å². The van der Waals surface area contributed by atoms with Crippen LogP contribution in [0.4, 0.5) is 0 Å². The van der Waals surface area contributed by atoms with E-state index < -0.39 is 0 Å². The van der Waals surface area contributed by atoms with Gasteiger partial charge in [0.15, 0.2) is 0 Å². The van der Waals surface area contributed by atoms with Crippen LogP contribution in [0.25, 0.3) is 10.6 Å². The molecule has 0 saturated heterocycles. The summed E-state index contributed by atoms with van der Waals surface area (Å²) in [5.41, 5.74) is 2.68. The second-order valence-electron chi connectivity index (χ2n) is 3.75. The van der Waals surface area contributed by atoms with Crippen LogP contribution in [-0.2, 0) is 13.0 Å². The predicted molar refractivity (Wildman–Crippen MR) is 58.6 cm³/mol. The van der Waals surface area contributed by atoms with Crippen LogP contribution in [0.1, 0.15) is 17.8 Å². The lowest BCUT2D eigenvalue weighted by Gasteiger charge is -2.03. The first kappa shape index (κ1) is 8.24. The standard InChI is InChI=1S/C11H12N2S/c1-8-4-6-14-11(8)9-7-12-10-3-2-5-13(9)10/h4,6-7H,2-3,5H2,1H3. The van der Waals surface area contributed by atoms with Crippen LogP contribution >= 0.6 is 11.3 Å². The van der Waals surface area contributed by atoms with Crippen molar-refractivity contribution in [2.45, 2.75) is 26.3 Å². The molecule has 0 aromatic carbocycles. The van der Waals surface area contributed by atoms with Crippen molar-refractivity contribution in [3.05, 3.63) is 29.0 Å². The lowest BCUT2D eigenvalue weighted by atomic mass is 10.2. The number of nitrogens with zero attached hydrogens (tertiary/aromatic N) is 2. The summed E-state index contributed by atoms with van der Waals surface area (Å²) in [7, 11) is 0. The first-order valence-electron chi connectivity index (χ1n) is 4.95. The highest BCUT2D eigenvalue weighted by Gasteiger charge is 2.17. The highest BCUT2D eigenvalue weighted by Crippen LogP contribution is 2.31. The van der Waals surface area contributed by atoms with Gasteiger partial charge in [-0.05, 0) is 30.4 Å². The van der Waals surface area contributed by atoms with Crippen molar-refractivity contribution in [3.63, 3.8) is 0 Å². The van der Waals surface area contributed by atoms with Crippen LogP contribution in [0.5, 0.6) is 0 Å². The maximum absolute atomic E-state index is 4.46. The summed E-state index contributed by atoms with van der Waals surface area (Å²) < 4.78 is 2.36. The van der Waals surface area contributed by atoms with Gasteiger partial charge in [0.25, 0.3) is 0 Å². The normalized spacial score (nSPS) is 14.6. The molecule has 72 valence electrons. The minimum atomic E-state index is 1.14. The van der Waals surface area contributed by atoms with Crippen molar-refractivity contribution in [1.29, 1.82) is 0 Å². The minimum Gasteiger partial charge on any atom is -0.327 e. The van der Waals surface area contributed by atoms with Crippen molar-refractivity contribution >= 4 is 11.3 Å². The van der Waals surface area contributed by atoms with Gasteiger partial charge in [0.05, 0.1) is 16.8 Å². The van der Waals surface area contributed by atoms with Crippen LogP contribution in [0.3, 0.4) is 0 Å². The van der Waals surface area contributed by atoms with Gasteiger partial charge < -0.3 is 4.57 Å². The Labute approximate surface area is 87.2 Å². The van der Waals surface area contributed by atoms with Crippen molar-refractivity contribution in [1.82, 2.24) is 9.55 Å². The first-order valence-corrected chi connectivity index (χ1v) is 5.83. The summed E-state index contributed by atoms with van der Waals surface area (Å²) in [6, 6.07) is 2.18. The molecule has 0 fully saturated rings. The van der Waals surface area contributed by atoms with E-state index in [1.807, 2.05) is 17.5 Å². The average Bonchev–Trinajstić information content (AvgIpc) is 2.78. The van der Waals surface area contributed by atoms with E-state index in [0.29, 0.717) is 0 Å². The van der Waals surface area contributed by atoms with E-state index in [0.717, 1.165) is 13.0 Å². The van der Waals surface area contributed by atoms with Gasteiger partial charge in [-0.3, -0.25) is 0 Å². The number of aryl methyl sites for hydroxylation is 2. The van der Waals surface area contributed by atoms with E-state index in [4.69, 9.17) is 0 Å². The Kier molecular flexibility index (Phi) is 1.74. The minimum absolute atomic E-state index is 1.14. The predicted octanol–water partition coefficient (Wildman–Crippen LogP) is 2.87. The number of rotatable bonds is 1. The molecule has 2 aromatic heterocycles. The maximum atomic E-state index is 4.46. The fourth-order valence-corrected chi connectivity index (χ4v) is 3.02. The van der Waals surface area contributed by atoms with E-state index in [-0.39, 0.29) is 0 Å². The van der Waals surface area contributed by atoms with E-state index in [2.05, 4.69) is 27.9 Å². The van der Waals surface area contributed by atoms with E-state index in [1.165, 1.54) is 28.4 Å². The number of aromatic nitrogens is 2. The molecule has 2 aromatic rings. The zero-order valence-corrected chi connectivity index (χ0v) is 8.97. The topological polar surface area (TPSA) is 17.8 Å². The highest BCUT2D eigenvalue weighted by atomic mass is 32.1. The molecular formula is C11H12N2S. The molecule has 3 heterocycles. The van der Waals surface area contributed by atoms with Crippen molar-refractivity contribution in [3.8, 4) is 10.6 Å². The van der Waals surface area contributed by atoms with Gasteiger partial charge in [0, 0.05) is 13.0 Å². The quantitative estimate of drug-likeness (QED) is 0.698. The molecule has 0 spiro atoms. The van der Waals surface area contributed by atoms with Gasteiger partial charge in [-0.1, -0.05) is 0 Å². The molecule has 0 saturated carbocycles. The molecule has 0 radical (unpaired) electrons. The Morgan fingerprint density at radius 3 is 3.21 bits per heavy atom. The molecule has 0 bridgehead atoms. The Morgan fingerprint density at radius 2 is 2.43 bits per heavy atom. The van der Waals surface area contributed by atoms with Gasteiger partial charge in [0.1, 0.15) is 5.82 Å². The maximum Gasteiger partial charge on any atom is 0.109 e. The smallest absolute Gasteiger partial charge is 0.109 e. The fourth-order valence-electron chi connectivity index (χ4n) is 2.07. The second-order valence-corrected chi connectivity index (χ2v) is 4.66. The van der Waals surface area contributed by atoms with Gasteiger partial charge in [-0.2, -0.15) is 0 Å². The zero-order valence-electron chi connectivity index (χ0n) is 8.16. The Hall–Kier alpha value is -1.09. The van der Waals surface area contributed by atoms with Gasteiger partial charge in [-0.25, -0.2) is 4.98 Å². The van der Waals surface area contributed by atoms with Gasteiger partial charge in [0.2, 0.25) is 0 Å². The average molecular weight is 204 g/mol. The van der Waals surface area contributed by atoms with Crippen LogP contribution in [-0.4, -0.2) is 9.55 Å². The first-order chi connectivity index (χ1) is 6.86. The van der Waals surface area contributed by atoms with Crippen molar-refractivity contribution < 1.29 is 0 Å². The molecule has 0 amide bonds. The molecule has 3 rings (SSSR count). The Bertz CT molecular complexity index is 467. The number of imidazole rings is 1. The molecule has 0 unspecified atom stereocenters. The van der Waals surface area contributed by atoms with Crippen molar-refractivity contribution in [2.75, 3.05) is 0 Å². The molecule has 0 N–H and O–H groups in total. The van der Waals surface area contributed by atoms with Gasteiger partial charge in [-0.15, -0.1) is 11.3 Å². The number of hydrogen-bond acceptors (Lipinski definition) is 2. The summed E-state index contributed by atoms with van der Waals surface area (Å²) >= 11 is 1.81. The largest absolute Gasteiger partial charge is 0.327 e. The molecule has 3 heteroatoms. The van der Waals surface area contributed by atoms with Crippen LogP contribution in [0, 0.1) is 6.92 Å². The molecule has 0 atom stereocenters. The summed E-state index contributed by atoms with van der Waals surface area (Å²) in [4.78, 5) is 5.84. The third-order valence-corrected chi connectivity index (χ3v) is 3.85. The SMILES string of the molecule is Cc1ccsc1-c1cnc2n1CCC2. The molecule has 1 aliphatic heterocycles. The summed E-state index contributed by atoms with van der Waals surface area (Å²) in [5.74, 6) is 1.26. The number of fused-ring (bicyclic) bond motifs is 1. The zero-order chi connectivity index (χ0) is 9.54. The lowest BCUT2D eigenvalue weighted by Crippen LogP contribution is -1.94. The molecule has 14 heavy (non-hydrogen) atoms. The number of thiophene rings is 1. The molecule has 2 nitrogen and oxygen atoms in total. The van der Waals surface area contributed by atoms with E-state index in [9.17, 15) is 0 Å². The second kappa shape index (κ2) is 2.95. The molecule has 0 aliphatic carbocycles. The summed E-state index contributed by atoms with van der Waals surface area (Å²) in [6.07, 6.45) is 4.42. The fraction of sp³-hybridized carbons (Fsp3) is 0.364. The highest BCUT2D eigenvalue weighted by molar-refractivity contribution is 7.13. The van der Waals surface area contributed by atoms with Crippen LogP contribution in [0.2, 0.25) is 0 Å². The molecule has 1 aliphatic rings. The Balaban J connectivity index is 2.17. The lowest BCUT2D eigenvalue weighted by molar-refractivity contribution is 0.756. The van der Waals surface area contributed by atoms with E-state index >= 15 is 0 Å². The summed E-state index contributed by atoms with van der Waals surface area (Å²) in [5, 5.41) is 2.15. The Morgan fingerprint density at radius 1 is 1.50 bits per heavy atom. The van der Waals surface area contributed by atoms with Gasteiger partial charge >= 0.3 is 0 Å². The molecular weight excluding hydrogens is 192 g/mol. The number of hydrogen-bond donors (Lipinski definition) is 0.